The van der Waals surface area contributed by atoms with Gasteiger partial charge in [-0.3, -0.25) is 4.90 Å². The SMILES string of the molecule is Cc1ccc(C2c3ccc(O)cc3C3C2CCCN3C)cc1. The van der Waals surface area contributed by atoms with E-state index in [1.807, 2.05) is 12.1 Å². The molecule has 0 aromatic heterocycles. The van der Waals surface area contributed by atoms with E-state index < -0.39 is 0 Å². The number of aromatic hydroxyl groups is 1. The maximum Gasteiger partial charge on any atom is 0.115 e. The molecule has 2 aliphatic rings. The van der Waals surface area contributed by atoms with Crippen LogP contribution in [-0.2, 0) is 0 Å². The molecule has 1 aliphatic carbocycles. The van der Waals surface area contributed by atoms with Crippen molar-refractivity contribution in [3.05, 3.63) is 64.7 Å². The summed E-state index contributed by atoms with van der Waals surface area (Å²) in [6, 6.07) is 15.4. The van der Waals surface area contributed by atoms with E-state index in [4.69, 9.17) is 0 Å². The van der Waals surface area contributed by atoms with Crippen LogP contribution in [0.5, 0.6) is 5.75 Å². The van der Waals surface area contributed by atoms with Crippen LogP contribution >= 0.6 is 0 Å². The molecule has 4 rings (SSSR count). The Morgan fingerprint density at radius 2 is 1.82 bits per heavy atom. The van der Waals surface area contributed by atoms with Gasteiger partial charge < -0.3 is 5.11 Å². The first-order chi connectivity index (χ1) is 10.6. The second kappa shape index (κ2) is 5.13. The van der Waals surface area contributed by atoms with Gasteiger partial charge in [-0.2, -0.15) is 0 Å². The molecule has 0 spiro atoms. The molecule has 0 amide bonds. The third-order valence-corrected chi connectivity index (χ3v) is 5.52. The summed E-state index contributed by atoms with van der Waals surface area (Å²) in [5.41, 5.74) is 5.47. The van der Waals surface area contributed by atoms with Gasteiger partial charge >= 0.3 is 0 Å². The van der Waals surface area contributed by atoms with E-state index >= 15 is 0 Å². The minimum Gasteiger partial charge on any atom is -0.508 e. The minimum absolute atomic E-state index is 0.390. The lowest BCUT2D eigenvalue weighted by atomic mass is 9.80. The summed E-state index contributed by atoms with van der Waals surface area (Å²) in [5.74, 6) is 1.48. The van der Waals surface area contributed by atoms with Gasteiger partial charge in [0.1, 0.15) is 5.75 Å². The van der Waals surface area contributed by atoms with Crippen molar-refractivity contribution in [3.63, 3.8) is 0 Å². The van der Waals surface area contributed by atoms with Crippen LogP contribution in [0.25, 0.3) is 0 Å². The summed E-state index contributed by atoms with van der Waals surface area (Å²) >= 11 is 0. The van der Waals surface area contributed by atoms with Crippen molar-refractivity contribution in [2.45, 2.75) is 31.7 Å². The Hall–Kier alpha value is -1.80. The van der Waals surface area contributed by atoms with Gasteiger partial charge in [-0.05, 0) is 68.1 Å². The number of fused-ring (bicyclic) bond motifs is 3. The van der Waals surface area contributed by atoms with Gasteiger partial charge in [0.2, 0.25) is 0 Å². The molecule has 3 unspecified atom stereocenters. The standard InChI is InChI=1S/C20H23NO/c1-13-5-7-14(8-6-13)19-16-10-9-15(22)12-18(16)20-17(19)4-3-11-21(20)2/h5-10,12,17,19-20,22H,3-4,11H2,1-2H3. The van der Waals surface area contributed by atoms with Crippen LogP contribution < -0.4 is 0 Å². The number of nitrogens with zero attached hydrogens (tertiary/aromatic N) is 1. The van der Waals surface area contributed by atoms with E-state index in [9.17, 15) is 5.11 Å². The number of likely N-dealkylation sites (tertiary alicyclic amines) is 1. The van der Waals surface area contributed by atoms with E-state index in [-0.39, 0.29) is 0 Å². The quantitative estimate of drug-likeness (QED) is 0.850. The predicted molar refractivity (Wildman–Crippen MR) is 89.2 cm³/mol. The molecule has 3 atom stereocenters. The molecule has 2 aromatic rings. The molecular weight excluding hydrogens is 270 g/mol. The van der Waals surface area contributed by atoms with Crippen LogP contribution in [0.3, 0.4) is 0 Å². The van der Waals surface area contributed by atoms with Crippen molar-refractivity contribution < 1.29 is 5.11 Å². The van der Waals surface area contributed by atoms with Crippen molar-refractivity contribution in [2.75, 3.05) is 13.6 Å². The van der Waals surface area contributed by atoms with E-state index in [1.54, 1.807) is 0 Å². The van der Waals surface area contributed by atoms with Gasteiger partial charge in [0.05, 0.1) is 0 Å². The van der Waals surface area contributed by atoms with Crippen LogP contribution in [0.4, 0.5) is 0 Å². The lowest BCUT2D eigenvalue weighted by Crippen LogP contribution is -2.34. The fourth-order valence-corrected chi connectivity index (χ4v) is 4.55. The third kappa shape index (κ3) is 2.05. The Kier molecular flexibility index (Phi) is 3.23. The van der Waals surface area contributed by atoms with E-state index in [2.05, 4.69) is 49.2 Å². The second-order valence-corrected chi connectivity index (χ2v) is 6.93. The average molecular weight is 293 g/mol. The molecule has 1 aliphatic heterocycles. The molecular formula is C20H23NO. The van der Waals surface area contributed by atoms with Gasteiger partial charge in [-0.25, -0.2) is 0 Å². The summed E-state index contributed by atoms with van der Waals surface area (Å²) in [6.07, 6.45) is 2.53. The summed E-state index contributed by atoms with van der Waals surface area (Å²) in [6.45, 7) is 3.29. The molecule has 2 aromatic carbocycles. The van der Waals surface area contributed by atoms with Gasteiger partial charge in [0, 0.05) is 12.0 Å². The van der Waals surface area contributed by atoms with Gasteiger partial charge in [0.25, 0.3) is 0 Å². The van der Waals surface area contributed by atoms with E-state index in [1.165, 1.54) is 35.1 Å². The number of phenols is 1. The molecule has 0 bridgehead atoms. The molecule has 22 heavy (non-hydrogen) atoms. The number of hydrogen-bond donors (Lipinski definition) is 1. The largest absolute Gasteiger partial charge is 0.508 e. The molecule has 1 N–H and O–H groups in total. The monoisotopic (exact) mass is 293 g/mol. The zero-order valence-electron chi connectivity index (χ0n) is 13.3. The summed E-state index contributed by atoms with van der Waals surface area (Å²) in [4.78, 5) is 2.47. The maximum atomic E-state index is 9.95. The van der Waals surface area contributed by atoms with E-state index in [0.717, 1.165) is 6.54 Å². The zero-order valence-corrected chi connectivity index (χ0v) is 13.3. The first-order valence-electron chi connectivity index (χ1n) is 8.25. The van der Waals surface area contributed by atoms with Crippen LogP contribution in [0, 0.1) is 12.8 Å². The highest BCUT2D eigenvalue weighted by Gasteiger charge is 2.44. The first kappa shape index (κ1) is 13.8. The van der Waals surface area contributed by atoms with Crippen molar-refractivity contribution in [3.8, 4) is 5.75 Å². The lowest BCUT2D eigenvalue weighted by molar-refractivity contribution is 0.126. The minimum atomic E-state index is 0.390. The van der Waals surface area contributed by atoms with Crippen LogP contribution in [0.2, 0.25) is 0 Å². The molecule has 0 saturated carbocycles. The smallest absolute Gasteiger partial charge is 0.115 e. The van der Waals surface area contributed by atoms with Crippen molar-refractivity contribution in [2.24, 2.45) is 5.92 Å². The van der Waals surface area contributed by atoms with Crippen LogP contribution in [-0.4, -0.2) is 23.6 Å². The molecule has 1 heterocycles. The normalized spacial score (nSPS) is 27.5. The topological polar surface area (TPSA) is 23.5 Å². The lowest BCUT2D eigenvalue weighted by Gasteiger charge is -2.37. The fraction of sp³-hybridized carbons (Fsp3) is 0.400. The third-order valence-electron chi connectivity index (χ3n) is 5.52. The highest BCUT2D eigenvalue weighted by Crippen LogP contribution is 2.54. The zero-order chi connectivity index (χ0) is 15.3. The molecule has 1 saturated heterocycles. The highest BCUT2D eigenvalue weighted by molar-refractivity contribution is 5.49. The van der Waals surface area contributed by atoms with Crippen molar-refractivity contribution in [1.82, 2.24) is 4.90 Å². The number of piperidine rings is 1. The Labute approximate surface area is 132 Å². The summed E-state index contributed by atoms with van der Waals surface area (Å²) in [5, 5.41) is 9.95. The molecule has 114 valence electrons. The maximum absolute atomic E-state index is 9.95. The first-order valence-corrected chi connectivity index (χ1v) is 8.25. The number of rotatable bonds is 1. The van der Waals surface area contributed by atoms with Gasteiger partial charge in [-0.15, -0.1) is 0 Å². The number of aryl methyl sites for hydroxylation is 1. The van der Waals surface area contributed by atoms with Crippen molar-refractivity contribution in [1.29, 1.82) is 0 Å². The van der Waals surface area contributed by atoms with Gasteiger partial charge in [-0.1, -0.05) is 35.9 Å². The summed E-state index contributed by atoms with van der Waals surface area (Å²) < 4.78 is 0. The molecule has 1 fully saturated rings. The average Bonchev–Trinajstić information content (AvgIpc) is 2.83. The second-order valence-electron chi connectivity index (χ2n) is 6.93. The molecule has 2 nitrogen and oxygen atoms in total. The number of hydrogen-bond acceptors (Lipinski definition) is 2. The molecule has 0 radical (unpaired) electrons. The Balaban J connectivity index is 1.86. The Morgan fingerprint density at radius 3 is 2.59 bits per heavy atom. The Morgan fingerprint density at radius 1 is 1.05 bits per heavy atom. The van der Waals surface area contributed by atoms with Gasteiger partial charge in [0.15, 0.2) is 0 Å². The Bertz CT molecular complexity index is 691. The van der Waals surface area contributed by atoms with Crippen LogP contribution in [0.1, 0.15) is 47.1 Å². The van der Waals surface area contributed by atoms with Crippen molar-refractivity contribution >= 4 is 0 Å². The van der Waals surface area contributed by atoms with E-state index in [0.29, 0.717) is 23.6 Å². The number of benzene rings is 2. The summed E-state index contributed by atoms with van der Waals surface area (Å²) in [7, 11) is 2.22. The predicted octanol–water partition coefficient (Wildman–Crippen LogP) is 4.23. The molecule has 2 heteroatoms. The number of phenolic OH excluding ortho intramolecular Hbond substituents is 1. The fourth-order valence-electron chi connectivity index (χ4n) is 4.55. The van der Waals surface area contributed by atoms with Crippen LogP contribution in [0.15, 0.2) is 42.5 Å². The highest BCUT2D eigenvalue weighted by atomic mass is 16.3.